The van der Waals surface area contributed by atoms with Gasteiger partial charge in [-0.15, -0.1) is 0 Å². The molecule has 27 heavy (non-hydrogen) atoms. The number of phenolic OH excluding ortho intramolecular Hbond substituents is 2. The van der Waals surface area contributed by atoms with Gasteiger partial charge in [0.15, 0.2) is 5.60 Å². The summed E-state index contributed by atoms with van der Waals surface area (Å²) in [4.78, 5) is 12.5. The van der Waals surface area contributed by atoms with Crippen LogP contribution in [0.5, 0.6) is 23.0 Å². The van der Waals surface area contributed by atoms with Crippen LogP contribution in [0.15, 0.2) is 60.7 Å². The molecule has 5 nitrogen and oxygen atoms in total. The van der Waals surface area contributed by atoms with Gasteiger partial charge in [-0.05, 0) is 30.3 Å². The second kappa shape index (κ2) is 6.06. The Morgan fingerprint density at radius 3 is 1.93 bits per heavy atom. The van der Waals surface area contributed by atoms with E-state index >= 15 is 0 Å². The molecule has 0 saturated carbocycles. The van der Waals surface area contributed by atoms with E-state index in [1.807, 2.05) is 26.0 Å². The van der Waals surface area contributed by atoms with Crippen LogP contribution in [0.3, 0.4) is 0 Å². The summed E-state index contributed by atoms with van der Waals surface area (Å²) in [5.74, 6) is 0.408. The van der Waals surface area contributed by atoms with Gasteiger partial charge in [-0.3, -0.25) is 0 Å². The third-order valence-corrected chi connectivity index (χ3v) is 4.68. The quantitative estimate of drug-likeness (QED) is 0.567. The highest BCUT2D eigenvalue weighted by atomic mass is 16.6. The molecule has 0 saturated heterocycles. The summed E-state index contributed by atoms with van der Waals surface area (Å²) >= 11 is 0. The van der Waals surface area contributed by atoms with Gasteiger partial charge in [0, 0.05) is 28.8 Å². The van der Waals surface area contributed by atoms with Gasteiger partial charge in [0.2, 0.25) is 0 Å². The molecule has 3 aromatic rings. The lowest BCUT2D eigenvalue weighted by Gasteiger charge is -2.36. The van der Waals surface area contributed by atoms with E-state index in [2.05, 4.69) is 0 Å². The number of rotatable bonds is 0. The number of fused-ring (bicyclic) bond motifs is 6. The molecule has 1 spiro atoms. The van der Waals surface area contributed by atoms with Crippen LogP contribution in [0.1, 0.15) is 40.9 Å². The number of hydrogen-bond donors (Lipinski definition) is 2. The van der Waals surface area contributed by atoms with E-state index in [-0.39, 0.29) is 11.5 Å². The third-order valence-electron chi connectivity index (χ3n) is 4.68. The zero-order valence-electron chi connectivity index (χ0n) is 14.9. The van der Waals surface area contributed by atoms with E-state index in [4.69, 9.17) is 9.47 Å². The van der Waals surface area contributed by atoms with Crippen LogP contribution in [0.2, 0.25) is 0 Å². The van der Waals surface area contributed by atoms with Gasteiger partial charge in [-0.1, -0.05) is 32.0 Å². The molecule has 2 heterocycles. The Labute approximate surface area is 156 Å². The Morgan fingerprint density at radius 2 is 1.33 bits per heavy atom. The molecule has 0 fully saturated rings. The lowest BCUT2D eigenvalue weighted by molar-refractivity contribution is 0.0224. The number of hydrogen-bond acceptors (Lipinski definition) is 5. The first-order valence-electron chi connectivity index (χ1n) is 8.77. The maximum atomic E-state index is 12.5. The zero-order chi connectivity index (χ0) is 19.2. The molecule has 2 N–H and O–H groups in total. The molecular formula is C22H18O5. The van der Waals surface area contributed by atoms with Crippen LogP contribution >= 0.6 is 0 Å². The largest absolute Gasteiger partial charge is 0.508 e. The van der Waals surface area contributed by atoms with E-state index in [0.29, 0.717) is 33.8 Å². The summed E-state index contributed by atoms with van der Waals surface area (Å²) in [5, 5.41) is 19.7. The second-order valence-electron chi connectivity index (χ2n) is 6.08. The number of carbonyl (C=O) groups excluding carboxylic acids is 1. The molecule has 0 aromatic heterocycles. The number of ether oxygens (including phenoxy) is 2. The first kappa shape index (κ1) is 17.0. The Bertz CT molecular complexity index is 1000. The predicted molar refractivity (Wildman–Crippen MR) is 99.4 cm³/mol. The van der Waals surface area contributed by atoms with Crippen molar-refractivity contribution in [3.8, 4) is 23.0 Å². The highest BCUT2D eigenvalue weighted by molar-refractivity contribution is 5.97. The Balaban J connectivity index is 0.000000872. The molecule has 0 bridgehead atoms. The molecule has 0 radical (unpaired) electrons. The lowest BCUT2D eigenvalue weighted by atomic mass is 9.77. The third kappa shape index (κ3) is 2.28. The summed E-state index contributed by atoms with van der Waals surface area (Å²) in [6, 6.07) is 16.6. The van der Waals surface area contributed by atoms with Crippen molar-refractivity contribution < 1.29 is 24.5 Å². The predicted octanol–water partition coefficient (Wildman–Crippen LogP) is 4.69. The second-order valence-corrected chi connectivity index (χ2v) is 6.08. The number of benzene rings is 3. The van der Waals surface area contributed by atoms with E-state index in [9.17, 15) is 15.0 Å². The lowest BCUT2D eigenvalue weighted by Crippen LogP contribution is -2.32. The van der Waals surface area contributed by atoms with Crippen LogP contribution in [-0.4, -0.2) is 16.2 Å². The van der Waals surface area contributed by atoms with Crippen LogP contribution in [0.4, 0.5) is 0 Å². The van der Waals surface area contributed by atoms with Gasteiger partial charge in [0.1, 0.15) is 23.0 Å². The fourth-order valence-electron chi connectivity index (χ4n) is 3.65. The number of aromatic hydroxyl groups is 2. The monoisotopic (exact) mass is 362 g/mol. The molecule has 5 rings (SSSR count). The minimum atomic E-state index is -1.17. The van der Waals surface area contributed by atoms with E-state index in [1.165, 1.54) is 24.3 Å². The normalized spacial score (nSPS) is 14.8. The summed E-state index contributed by atoms with van der Waals surface area (Å²) in [7, 11) is 0. The van der Waals surface area contributed by atoms with Crippen LogP contribution in [-0.2, 0) is 10.3 Å². The molecule has 136 valence electrons. The smallest absolute Gasteiger partial charge is 0.340 e. The minimum Gasteiger partial charge on any atom is -0.508 e. The summed E-state index contributed by atoms with van der Waals surface area (Å²) in [6.07, 6.45) is 0. The maximum absolute atomic E-state index is 12.5. The number of carbonyl (C=O) groups is 1. The van der Waals surface area contributed by atoms with Crippen LogP contribution in [0, 0.1) is 0 Å². The molecule has 0 amide bonds. The van der Waals surface area contributed by atoms with Crippen LogP contribution in [0.25, 0.3) is 0 Å². The fraction of sp³-hybridized carbons (Fsp3) is 0.136. The molecule has 0 unspecified atom stereocenters. The Morgan fingerprint density at radius 1 is 0.778 bits per heavy atom. The Kier molecular flexibility index (Phi) is 3.81. The van der Waals surface area contributed by atoms with E-state index in [1.54, 1.807) is 24.3 Å². The van der Waals surface area contributed by atoms with Gasteiger partial charge in [-0.25, -0.2) is 4.79 Å². The van der Waals surface area contributed by atoms with Crippen molar-refractivity contribution in [2.75, 3.05) is 0 Å². The number of esters is 1. The van der Waals surface area contributed by atoms with Crippen molar-refractivity contribution in [3.63, 3.8) is 0 Å². The topological polar surface area (TPSA) is 76.0 Å². The SMILES string of the molecule is CC.O=C1OC2(c3ccc(O)cc3Oc3cc(O)ccc32)c2ccccc21. The first-order valence-corrected chi connectivity index (χ1v) is 8.77. The van der Waals surface area contributed by atoms with E-state index < -0.39 is 11.6 Å². The summed E-state index contributed by atoms with van der Waals surface area (Å²) in [5.41, 5.74) is 1.28. The fourth-order valence-corrected chi connectivity index (χ4v) is 3.65. The molecule has 5 heteroatoms. The average molecular weight is 362 g/mol. The van der Waals surface area contributed by atoms with Gasteiger partial charge in [0.05, 0.1) is 5.56 Å². The van der Waals surface area contributed by atoms with Crippen molar-refractivity contribution in [2.45, 2.75) is 19.4 Å². The summed E-state index contributed by atoms with van der Waals surface area (Å²) in [6.45, 7) is 4.00. The standard InChI is InChI=1S/C20H12O5.C2H6/c21-11-5-7-15-17(9-11)24-18-10-12(22)6-8-16(18)20(15)14-4-2-1-3-13(14)19(23)25-20;1-2/h1-10,21-22H;1-2H3. The molecule has 2 aliphatic heterocycles. The van der Waals surface area contributed by atoms with Crippen LogP contribution < -0.4 is 4.74 Å². The molecular weight excluding hydrogens is 344 g/mol. The molecule has 3 aromatic carbocycles. The van der Waals surface area contributed by atoms with E-state index in [0.717, 1.165) is 0 Å². The number of phenols is 2. The molecule has 0 aliphatic carbocycles. The molecule has 0 atom stereocenters. The van der Waals surface area contributed by atoms with Gasteiger partial charge in [0.25, 0.3) is 0 Å². The van der Waals surface area contributed by atoms with Gasteiger partial charge < -0.3 is 19.7 Å². The van der Waals surface area contributed by atoms with Crippen molar-refractivity contribution in [1.82, 2.24) is 0 Å². The van der Waals surface area contributed by atoms with Crippen molar-refractivity contribution in [2.24, 2.45) is 0 Å². The van der Waals surface area contributed by atoms with Gasteiger partial charge in [-0.2, -0.15) is 0 Å². The minimum absolute atomic E-state index is 0.0371. The zero-order valence-corrected chi connectivity index (χ0v) is 14.9. The highest BCUT2D eigenvalue weighted by Crippen LogP contribution is 2.56. The van der Waals surface area contributed by atoms with Gasteiger partial charge >= 0.3 is 5.97 Å². The summed E-state index contributed by atoms with van der Waals surface area (Å²) < 4.78 is 11.8. The van der Waals surface area contributed by atoms with Crippen molar-refractivity contribution in [1.29, 1.82) is 0 Å². The maximum Gasteiger partial charge on any atom is 0.340 e. The highest BCUT2D eigenvalue weighted by Gasteiger charge is 2.53. The van der Waals surface area contributed by atoms with Crippen molar-refractivity contribution >= 4 is 5.97 Å². The molecule has 2 aliphatic rings. The first-order chi connectivity index (χ1) is 13.1. The Hall–Kier alpha value is -3.47. The van der Waals surface area contributed by atoms with Crippen molar-refractivity contribution in [3.05, 3.63) is 82.9 Å². The average Bonchev–Trinajstić information content (AvgIpc) is 2.97.